The van der Waals surface area contributed by atoms with Crippen molar-refractivity contribution in [3.63, 3.8) is 0 Å². The Morgan fingerprint density at radius 2 is 1.48 bits per heavy atom. The number of nitrogens with zero attached hydrogens (tertiary/aromatic N) is 7. The smallest absolute Gasteiger partial charge is 0.184 e. The lowest BCUT2D eigenvalue weighted by Gasteiger charge is -2.04. The van der Waals surface area contributed by atoms with E-state index in [1.54, 1.807) is 0 Å². The van der Waals surface area contributed by atoms with Crippen LogP contribution in [0.5, 0.6) is 0 Å². The minimum absolute atomic E-state index is 0.107. The maximum absolute atomic E-state index is 9.33. The van der Waals surface area contributed by atoms with Gasteiger partial charge < -0.3 is 5.32 Å². The maximum Gasteiger partial charge on any atom is 0.184 e. The van der Waals surface area contributed by atoms with Gasteiger partial charge >= 0.3 is 0 Å². The fourth-order valence-electron chi connectivity index (χ4n) is 3.04. The Labute approximate surface area is 193 Å². The van der Waals surface area contributed by atoms with Gasteiger partial charge in [0, 0.05) is 11.1 Å². The van der Waals surface area contributed by atoms with E-state index in [-0.39, 0.29) is 11.4 Å². The number of amidine groups is 1. The van der Waals surface area contributed by atoms with Crippen molar-refractivity contribution in [2.75, 3.05) is 0 Å². The second kappa shape index (κ2) is 9.37. The van der Waals surface area contributed by atoms with Gasteiger partial charge in [0.25, 0.3) is 0 Å². The number of hydrogen-bond acceptors (Lipinski definition) is 8. The molecule has 0 fully saturated rings. The number of aromatic nitrogens is 1. The van der Waals surface area contributed by atoms with E-state index in [0.717, 1.165) is 22.5 Å². The molecule has 3 aromatic rings. The van der Waals surface area contributed by atoms with Crippen molar-refractivity contribution in [1.82, 2.24) is 10.3 Å². The van der Waals surface area contributed by atoms with Crippen LogP contribution in [0.1, 0.15) is 16.5 Å². The van der Waals surface area contributed by atoms with Gasteiger partial charge in [0.05, 0.1) is 12.1 Å². The minimum atomic E-state index is -1.02. The molecule has 0 spiro atoms. The van der Waals surface area contributed by atoms with Crippen LogP contribution >= 0.6 is 11.3 Å². The van der Waals surface area contributed by atoms with Crippen molar-refractivity contribution in [3.8, 4) is 35.5 Å². The molecular formula is C24H12N8S. The average Bonchev–Trinajstić information content (AvgIpc) is 3.47. The van der Waals surface area contributed by atoms with Gasteiger partial charge in [-0.3, -0.25) is 0 Å². The summed E-state index contributed by atoms with van der Waals surface area (Å²) in [5, 5.41) is 41.0. The topological polar surface area (TPSA) is 145 Å². The Hall–Kier alpha value is -5.09. The van der Waals surface area contributed by atoms with Crippen LogP contribution in [-0.2, 0) is 0 Å². The average molecular weight is 444 g/mol. The molecule has 154 valence electrons. The van der Waals surface area contributed by atoms with Crippen molar-refractivity contribution in [2.45, 2.75) is 5.92 Å². The Balaban J connectivity index is 1.90. The molecule has 0 amide bonds. The van der Waals surface area contributed by atoms with E-state index in [4.69, 9.17) is 4.99 Å². The lowest BCUT2D eigenvalue weighted by molar-refractivity contribution is 1.07. The van der Waals surface area contributed by atoms with Crippen LogP contribution in [0.4, 0.5) is 5.00 Å². The zero-order valence-electron chi connectivity index (χ0n) is 16.9. The molecular weight excluding hydrogens is 432 g/mol. The highest BCUT2D eigenvalue weighted by molar-refractivity contribution is 7.16. The predicted molar refractivity (Wildman–Crippen MR) is 123 cm³/mol. The molecule has 2 aromatic carbocycles. The van der Waals surface area contributed by atoms with Crippen molar-refractivity contribution in [1.29, 1.82) is 21.0 Å². The maximum atomic E-state index is 9.33. The molecule has 33 heavy (non-hydrogen) atoms. The van der Waals surface area contributed by atoms with E-state index < -0.39 is 5.92 Å². The fourth-order valence-corrected chi connectivity index (χ4v) is 4.00. The summed E-state index contributed by atoms with van der Waals surface area (Å²) in [4.78, 5) is 13.7. The van der Waals surface area contributed by atoms with Gasteiger partial charge in [0.15, 0.2) is 23.1 Å². The summed E-state index contributed by atoms with van der Waals surface area (Å²) in [6.45, 7) is 0. The van der Waals surface area contributed by atoms with Crippen molar-refractivity contribution < 1.29 is 0 Å². The number of aliphatic imine (C=N–C) groups is 2. The fraction of sp³-hybridized carbons (Fsp3) is 0.0417. The zero-order chi connectivity index (χ0) is 23.2. The first kappa shape index (κ1) is 21.2. The number of nitrogens with one attached hydrogen (secondary N) is 1. The summed E-state index contributed by atoms with van der Waals surface area (Å²) >= 11 is 1.13. The second-order valence-electron chi connectivity index (χ2n) is 6.62. The van der Waals surface area contributed by atoms with Gasteiger partial charge in [0.2, 0.25) is 0 Å². The Kier molecular flexibility index (Phi) is 6.01. The molecule has 4 rings (SSSR count). The lowest BCUT2D eigenvalue weighted by atomic mass is 10.1. The molecule has 9 heteroatoms. The van der Waals surface area contributed by atoms with E-state index in [0.29, 0.717) is 27.2 Å². The zero-order valence-corrected chi connectivity index (χ0v) is 17.7. The monoisotopic (exact) mass is 444 g/mol. The van der Waals surface area contributed by atoms with Crippen LogP contribution < -0.4 is 5.32 Å². The summed E-state index contributed by atoms with van der Waals surface area (Å²) in [6.07, 6.45) is 0. The molecule has 1 aromatic heterocycles. The number of nitriles is 4. The quantitative estimate of drug-likeness (QED) is 0.593. The summed E-state index contributed by atoms with van der Waals surface area (Å²) in [5.41, 5.74) is 2.32. The number of benzene rings is 2. The van der Waals surface area contributed by atoms with Gasteiger partial charge in [-0.05, 0) is 0 Å². The number of rotatable bonds is 4. The Bertz CT molecular complexity index is 1440. The highest BCUT2D eigenvalue weighted by Crippen LogP contribution is 2.38. The lowest BCUT2D eigenvalue weighted by Crippen LogP contribution is -2.23. The minimum Gasteiger partial charge on any atom is -0.321 e. The van der Waals surface area contributed by atoms with E-state index >= 15 is 0 Å². The van der Waals surface area contributed by atoms with Crippen LogP contribution in [-0.4, -0.2) is 16.5 Å². The third-order valence-corrected chi connectivity index (χ3v) is 5.60. The molecule has 0 aliphatic carbocycles. The standard InChI is InChI=1S/C24H12N8S/c25-11-17(12-26)21-29-19(15-7-3-1-4-8-15)22(31-21)32-24-20(16-9-5-2-6-10-16)30-23(33-24)18(13-27)14-28/h1-10,18H,(H,31,32). The molecule has 2 heterocycles. The summed E-state index contributed by atoms with van der Waals surface area (Å²) in [7, 11) is 0. The summed E-state index contributed by atoms with van der Waals surface area (Å²) < 4.78 is 0. The van der Waals surface area contributed by atoms with Gasteiger partial charge in [0.1, 0.15) is 33.6 Å². The van der Waals surface area contributed by atoms with Gasteiger partial charge in [-0.25, -0.2) is 15.0 Å². The van der Waals surface area contributed by atoms with Gasteiger partial charge in [-0.2, -0.15) is 21.0 Å². The molecule has 1 aliphatic rings. The highest BCUT2D eigenvalue weighted by Gasteiger charge is 2.26. The first-order valence-electron chi connectivity index (χ1n) is 9.58. The van der Waals surface area contributed by atoms with Gasteiger partial charge in [-0.15, -0.1) is 0 Å². The third-order valence-electron chi connectivity index (χ3n) is 4.58. The molecule has 0 saturated carbocycles. The second-order valence-corrected chi connectivity index (χ2v) is 7.63. The normalized spacial score (nSPS) is 13.4. The van der Waals surface area contributed by atoms with E-state index in [2.05, 4.69) is 15.3 Å². The number of thiazole rings is 1. The highest BCUT2D eigenvalue weighted by atomic mass is 32.1. The molecule has 0 atom stereocenters. The summed E-state index contributed by atoms with van der Waals surface area (Å²) in [5.74, 6) is -0.586. The molecule has 0 bridgehead atoms. The largest absolute Gasteiger partial charge is 0.321 e. The van der Waals surface area contributed by atoms with Crippen LogP contribution in [0.25, 0.3) is 11.3 Å². The predicted octanol–water partition coefficient (Wildman–Crippen LogP) is 4.32. The molecule has 0 saturated heterocycles. The van der Waals surface area contributed by atoms with Crippen molar-refractivity contribution in [3.05, 3.63) is 82.6 Å². The summed E-state index contributed by atoms with van der Waals surface area (Å²) in [6, 6.07) is 26.1. The van der Waals surface area contributed by atoms with E-state index in [1.807, 2.05) is 84.9 Å². The van der Waals surface area contributed by atoms with Gasteiger partial charge in [-0.1, -0.05) is 72.0 Å². The van der Waals surface area contributed by atoms with Crippen LogP contribution in [0.15, 0.2) is 82.0 Å². The Morgan fingerprint density at radius 1 is 0.879 bits per heavy atom. The van der Waals surface area contributed by atoms with Crippen molar-refractivity contribution >= 4 is 27.9 Å². The Morgan fingerprint density at radius 3 is 2.06 bits per heavy atom. The molecule has 0 unspecified atom stereocenters. The molecule has 8 nitrogen and oxygen atoms in total. The van der Waals surface area contributed by atoms with Crippen LogP contribution in [0.2, 0.25) is 0 Å². The molecule has 1 N–H and O–H groups in total. The number of hydrogen-bond donors (Lipinski definition) is 1. The van der Waals surface area contributed by atoms with E-state index in [9.17, 15) is 21.0 Å². The molecule has 0 radical (unpaired) electrons. The first-order valence-corrected chi connectivity index (χ1v) is 10.4. The first-order chi connectivity index (χ1) is 16.2. The number of allylic oxidation sites excluding steroid dienone is 1. The SMILES string of the molecule is N#CC(C#N)=C1N=C(c2ccccc2)/C(=N\c2sc(C(C#N)C#N)nc2-c2ccccc2)N1. The third kappa shape index (κ3) is 4.22. The van der Waals surface area contributed by atoms with Crippen LogP contribution in [0.3, 0.4) is 0 Å². The molecule has 1 aliphatic heterocycles. The van der Waals surface area contributed by atoms with Crippen LogP contribution in [0, 0.1) is 45.3 Å². The van der Waals surface area contributed by atoms with E-state index in [1.165, 1.54) is 0 Å². The van der Waals surface area contributed by atoms with Crippen molar-refractivity contribution in [2.24, 2.45) is 9.98 Å².